The summed E-state index contributed by atoms with van der Waals surface area (Å²) in [5.74, 6) is -0.506. The number of halogens is 11. The van der Waals surface area contributed by atoms with Gasteiger partial charge < -0.3 is 5.32 Å². The summed E-state index contributed by atoms with van der Waals surface area (Å²) in [6, 6.07) is 3.62. The van der Waals surface area contributed by atoms with Crippen LogP contribution in [0.3, 0.4) is 0 Å². The Morgan fingerprint density at radius 3 is 2.10 bits per heavy atom. The largest absolute Gasteiger partial charge is 0.435 e. The summed E-state index contributed by atoms with van der Waals surface area (Å²) in [6.07, 6.45) is -15.2. The summed E-state index contributed by atoms with van der Waals surface area (Å²) < 4.78 is 137. The van der Waals surface area contributed by atoms with E-state index in [0.29, 0.717) is 0 Å². The fraction of sp³-hybridized carbons (Fsp3) is 0.360. The topological polar surface area (TPSA) is 46.9 Å². The van der Waals surface area contributed by atoms with Gasteiger partial charge in [-0.2, -0.15) is 44.6 Å². The summed E-state index contributed by atoms with van der Waals surface area (Å²) in [5.41, 5.74) is -12.3. The lowest BCUT2D eigenvalue weighted by atomic mass is 9.87. The summed E-state index contributed by atoms with van der Waals surface area (Å²) in [7, 11) is 0. The third kappa shape index (κ3) is 5.25. The summed E-state index contributed by atoms with van der Waals surface area (Å²) in [5, 5.41) is 6.81. The Bertz CT molecular complexity index is 1450. The van der Waals surface area contributed by atoms with Gasteiger partial charge in [0.25, 0.3) is 5.91 Å². The molecule has 216 valence electrons. The molecule has 2 aromatic carbocycles. The second-order valence-electron chi connectivity index (χ2n) is 9.72. The van der Waals surface area contributed by atoms with E-state index >= 15 is 0 Å². The molecule has 4 nitrogen and oxygen atoms in total. The number of aryl methyl sites for hydroxylation is 1. The Kier molecular flexibility index (Phi) is 6.96. The molecule has 0 saturated heterocycles. The van der Waals surface area contributed by atoms with E-state index in [4.69, 9.17) is 11.6 Å². The molecule has 1 N–H and O–H groups in total. The number of aromatic nitrogens is 2. The molecule has 1 heterocycles. The highest BCUT2D eigenvalue weighted by Gasteiger charge is 2.73. The number of benzene rings is 2. The van der Waals surface area contributed by atoms with Crippen molar-refractivity contribution in [2.24, 2.45) is 0 Å². The lowest BCUT2D eigenvalue weighted by molar-refractivity contribution is -0.348. The second kappa shape index (κ2) is 9.38. The van der Waals surface area contributed by atoms with Crippen molar-refractivity contribution in [1.82, 2.24) is 15.1 Å². The maximum Gasteiger partial charge on any atom is 0.435 e. The number of hydrogen-bond donors (Lipinski definition) is 1. The van der Waals surface area contributed by atoms with Crippen molar-refractivity contribution in [3.63, 3.8) is 0 Å². The number of carbonyl (C=O) groups is 1. The van der Waals surface area contributed by atoms with E-state index in [9.17, 15) is 48.7 Å². The second-order valence-corrected chi connectivity index (χ2v) is 10.1. The molecule has 3 aromatic rings. The number of rotatable bonds is 5. The van der Waals surface area contributed by atoms with Gasteiger partial charge in [-0.05, 0) is 62.1 Å². The lowest BCUT2D eigenvalue weighted by Crippen LogP contribution is -2.50. The van der Waals surface area contributed by atoms with Gasteiger partial charge in [0.05, 0.1) is 28.0 Å². The average molecular weight is 602 g/mol. The van der Waals surface area contributed by atoms with Crippen LogP contribution in [0.2, 0.25) is 5.02 Å². The predicted octanol–water partition coefficient (Wildman–Crippen LogP) is 8.09. The lowest BCUT2D eigenvalue weighted by Gasteiger charge is -2.31. The maximum atomic E-state index is 14.6. The van der Waals surface area contributed by atoms with Gasteiger partial charge >= 0.3 is 24.2 Å². The third-order valence-corrected chi connectivity index (χ3v) is 6.90. The molecule has 15 heteroatoms. The summed E-state index contributed by atoms with van der Waals surface area (Å²) >= 11 is 6.13. The highest BCUT2D eigenvalue weighted by Crippen LogP contribution is 2.55. The zero-order chi connectivity index (χ0) is 30.1. The molecule has 0 aliphatic heterocycles. The number of hydrogen-bond acceptors (Lipinski definition) is 2. The van der Waals surface area contributed by atoms with Gasteiger partial charge in [-0.15, -0.1) is 0 Å². The summed E-state index contributed by atoms with van der Waals surface area (Å²) in [4.78, 5) is 12.6. The van der Waals surface area contributed by atoms with Crippen molar-refractivity contribution >= 4 is 17.5 Å². The summed E-state index contributed by atoms with van der Waals surface area (Å²) in [6.45, 7) is 2.65. The predicted molar refractivity (Wildman–Crippen MR) is 124 cm³/mol. The van der Waals surface area contributed by atoms with Gasteiger partial charge in [0.15, 0.2) is 0 Å². The van der Waals surface area contributed by atoms with Crippen LogP contribution in [0.4, 0.5) is 43.9 Å². The Morgan fingerprint density at radius 1 is 0.975 bits per heavy atom. The van der Waals surface area contributed by atoms with Crippen LogP contribution in [0.25, 0.3) is 16.8 Å². The van der Waals surface area contributed by atoms with E-state index in [1.165, 1.54) is 18.2 Å². The Morgan fingerprint density at radius 2 is 1.57 bits per heavy atom. The van der Waals surface area contributed by atoms with Crippen molar-refractivity contribution in [2.45, 2.75) is 56.4 Å². The van der Waals surface area contributed by atoms with E-state index in [2.05, 4.69) is 10.4 Å². The minimum absolute atomic E-state index is 0.0412. The fourth-order valence-electron chi connectivity index (χ4n) is 4.16. The smallest absolute Gasteiger partial charge is 0.347 e. The molecular weight excluding hydrogens is 584 g/mol. The molecule has 40 heavy (non-hydrogen) atoms. The molecule has 0 radical (unpaired) electrons. The molecule has 0 spiro atoms. The Labute approximate surface area is 224 Å². The van der Waals surface area contributed by atoms with E-state index in [-0.39, 0.29) is 33.4 Å². The molecule has 1 amide bonds. The first-order valence-corrected chi connectivity index (χ1v) is 11.8. The number of alkyl halides is 10. The van der Waals surface area contributed by atoms with Crippen molar-refractivity contribution in [3.05, 3.63) is 70.0 Å². The van der Waals surface area contributed by atoms with Crippen LogP contribution in [-0.4, -0.2) is 33.6 Å². The molecule has 1 aromatic heterocycles. The first kappa shape index (κ1) is 29.7. The standard InChI is InChI=1S/C25H18ClF10N3O/c1-12-7-14(22(27,24(31,32)33)25(34,35)36)8-17(23(28,29)30)19(12)13-10-37-39(11-13)15-3-4-18(26)16(9-15)20(40)38-21(2)5-6-21/h3-4,7-11H,5-6H2,1-2H3,(H,38,40). The molecule has 0 bridgehead atoms. The third-order valence-electron chi connectivity index (χ3n) is 6.57. The van der Waals surface area contributed by atoms with Crippen LogP contribution in [0, 0.1) is 6.92 Å². The van der Waals surface area contributed by atoms with Gasteiger partial charge in [-0.1, -0.05) is 17.7 Å². The molecular formula is C25H18ClF10N3O. The SMILES string of the molecule is Cc1cc(C(F)(C(F)(F)F)C(F)(F)F)cc(C(F)(F)F)c1-c1cnn(-c2ccc(Cl)c(C(=O)NC3(C)CC3)c2)c1. The quantitative estimate of drug-likeness (QED) is 0.301. The normalized spacial score (nSPS) is 15.7. The number of nitrogens with zero attached hydrogens (tertiary/aromatic N) is 2. The average Bonchev–Trinajstić information content (AvgIpc) is 3.33. The highest BCUT2D eigenvalue weighted by molar-refractivity contribution is 6.34. The van der Waals surface area contributed by atoms with Crippen LogP contribution >= 0.6 is 11.6 Å². The fourth-order valence-corrected chi connectivity index (χ4v) is 4.36. The van der Waals surface area contributed by atoms with Crippen molar-refractivity contribution in [2.75, 3.05) is 0 Å². The minimum Gasteiger partial charge on any atom is -0.347 e. The maximum absolute atomic E-state index is 14.6. The van der Waals surface area contributed by atoms with Crippen molar-refractivity contribution < 1.29 is 48.7 Å². The minimum atomic E-state index is -6.59. The number of nitrogens with one attached hydrogen (secondary N) is 1. The van der Waals surface area contributed by atoms with E-state index < -0.39 is 58.4 Å². The number of carbonyl (C=O) groups excluding carboxylic acids is 1. The molecule has 1 fully saturated rings. The van der Waals surface area contributed by atoms with Crippen LogP contribution < -0.4 is 5.32 Å². The Balaban J connectivity index is 1.81. The zero-order valence-electron chi connectivity index (χ0n) is 20.4. The van der Waals surface area contributed by atoms with Crippen LogP contribution in [0.15, 0.2) is 42.7 Å². The van der Waals surface area contributed by atoms with Crippen LogP contribution in [0.1, 0.15) is 46.8 Å². The Hall–Kier alpha value is -3.29. The van der Waals surface area contributed by atoms with E-state index in [1.807, 2.05) is 6.92 Å². The van der Waals surface area contributed by atoms with Crippen molar-refractivity contribution in [3.8, 4) is 16.8 Å². The molecule has 1 aliphatic carbocycles. The van der Waals surface area contributed by atoms with Gasteiger partial charge in [-0.25, -0.2) is 9.07 Å². The zero-order valence-corrected chi connectivity index (χ0v) is 21.2. The van der Waals surface area contributed by atoms with Gasteiger partial charge in [0.2, 0.25) is 0 Å². The van der Waals surface area contributed by atoms with Gasteiger partial charge in [-0.3, -0.25) is 4.79 Å². The monoisotopic (exact) mass is 601 g/mol. The van der Waals surface area contributed by atoms with Crippen molar-refractivity contribution in [1.29, 1.82) is 0 Å². The molecule has 0 unspecified atom stereocenters. The molecule has 4 rings (SSSR count). The molecule has 0 atom stereocenters. The van der Waals surface area contributed by atoms with E-state index in [0.717, 1.165) is 36.8 Å². The van der Waals surface area contributed by atoms with E-state index in [1.54, 1.807) is 0 Å². The van der Waals surface area contributed by atoms with Gasteiger partial charge in [0, 0.05) is 22.9 Å². The first-order chi connectivity index (χ1) is 18.2. The van der Waals surface area contributed by atoms with Gasteiger partial charge in [0.1, 0.15) is 0 Å². The molecule has 1 aliphatic rings. The highest BCUT2D eigenvalue weighted by atomic mass is 35.5. The number of amides is 1. The first-order valence-electron chi connectivity index (χ1n) is 11.4. The molecule has 1 saturated carbocycles. The van der Waals surface area contributed by atoms with Crippen LogP contribution in [-0.2, 0) is 11.8 Å². The van der Waals surface area contributed by atoms with Crippen LogP contribution in [0.5, 0.6) is 0 Å².